The lowest BCUT2D eigenvalue weighted by Gasteiger charge is -2.21. The number of benzene rings is 3. The molecule has 0 saturated heterocycles. The molecule has 0 spiro atoms. The van der Waals surface area contributed by atoms with Gasteiger partial charge in [-0.25, -0.2) is 0 Å². The van der Waals surface area contributed by atoms with Gasteiger partial charge in [0.05, 0.1) is 6.04 Å². The van der Waals surface area contributed by atoms with Crippen LogP contribution in [0.25, 0.3) is 0 Å². The van der Waals surface area contributed by atoms with Crippen LogP contribution in [0.5, 0.6) is 0 Å². The molecule has 132 valence electrons. The number of anilines is 1. The standard InChI is InChI=1S/C24H25NO/c1-17-9-12-21(13-10-17)24(26)16-23(20-7-5-4-6-8-20)25-22-14-11-18(2)19(3)15-22/h4-15,23,25H,16H2,1-3H3. The van der Waals surface area contributed by atoms with E-state index in [4.69, 9.17) is 0 Å². The van der Waals surface area contributed by atoms with E-state index in [9.17, 15) is 4.79 Å². The van der Waals surface area contributed by atoms with Crippen molar-refractivity contribution in [3.8, 4) is 0 Å². The van der Waals surface area contributed by atoms with Gasteiger partial charge in [-0.05, 0) is 49.6 Å². The van der Waals surface area contributed by atoms with Gasteiger partial charge in [0.1, 0.15) is 0 Å². The van der Waals surface area contributed by atoms with Crippen LogP contribution >= 0.6 is 0 Å². The molecule has 3 aromatic carbocycles. The maximum Gasteiger partial charge on any atom is 0.165 e. The molecule has 1 unspecified atom stereocenters. The van der Waals surface area contributed by atoms with Gasteiger partial charge in [0.25, 0.3) is 0 Å². The predicted octanol–water partition coefficient (Wildman–Crippen LogP) is 6.04. The summed E-state index contributed by atoms with van der Waals surface area (Å²) in [5.74, 6) is 0.148. The zero-order valence-electron chi connectivity index (χ0n) is 15.6. The molecule has 0 radical (unpaired) electrons. The van der Waals surface area contributed by atoms with Gasteiger partial charge < -0.3 is 5.32 Å². The second kappa shape index (κ2) is 8.01. The SMILES string of the molecule is Cc1ccc(C(=O)CC(Nc2ccc(C)c(C)c2)c2ccccc2)cc1. The lowest BCUT2D eigenvalue weighted by atomic mass is 9.97. The van der Waals surface area contributed by atoms with Crippen LogP contribution in [0, 0.1) is 20.8 Å². The van der Waals surface area contributed by atoms with Gasteiger partial charge in [-0.15, -0.1) is 0 Å². The molecule has 0 bridgehead atoms. The molecule has 3 rings (SSSR count). The second-order valence-electron chi connectivity index (χ2n) is 6.90. The molecular weight excluding hydrogens is 318 g/mol. The molecule has 1 N–H and O–H groups in total. The Morgan fingerprint density at radius 2 is 1.54 bits per heavy atom. The summed E-state index contributed by atoms with van der Waals surface area (Å²) in [4.78, 5) is 12.8. The van der Waals surface area contributed by atoms with E-state index in [1.54, 1.807) is 0 Å². The minimum atomic E-state index is -0.0629. The number of hydrogen-bond donors (Lipinski definition) is 1. The van der Waals surface area contributed by atoms with Crippen LogP contribution in [-0.4, -0.2) is 5.78 Å². The van der Waals surface area contributed by atoms with Crippen LogP contribution < -0.4 is 5.32 Å². The van der Waals surface area contributed by atoms with E-state index >= 15 is 0 Å². The van der Waals surface area contributed by atoms with Gasteiger partial charge >= 0.3 is 0 Å². The number of Topliss-reactive ketones (excluding diaryl/α,β-unsaturated/α-hetero) is 1. The van der Waals surface area contributed by atoms with E-state index < -0.39 is 0 Å². The Morgan fingerprint density at radius 3 is 2.19 bits per heavy atom. The number of carbonyl (C=O) groups is 1. The summed E-state index contributed by atoms with van der Waals surface area (Å²) in [7, 11) is 0. The van der Waals surface area contributed by atoms with Crippen LogP contribution in [0.15, 0.2) is 72.8 Å². The molecule has 0 aromatic heterocycles. The Kier molecular flexibility index (Phi) is 5.52. The molecule has 0 aliphatic heterocycles. The Balaban J connectivity index is 1.84. The van der Waals surface area contributed by atoms with E-state index in [0.29, 0.717) is 6.42 Å². The minimum Gasteiger partial charge on any atom is -0.378 e. The normalized spacial score (nSPS) is 11.8. The molecule has 1 atom stereocenters. The summed E-state index contributed by atoms with van der Waals surface area (Å²) >= 11 is 0. The number of nitrogens with one attached hydrogen (secondary N) is 1. The van der Waals surface area contributed by atoms with Gasteiger partial charge in [-0.3, -0.25) is 4.79 Å². The summed E-state index contributed by atoms with van der Waals surface area (Å²) in [6.45, 7) is 6.24. The van der Waals surface area contributed by atoms with Crippen molar-refractivity contribution in [1.29, 1.82) is 0 Å². The fourth-order valence-electron chi connectivity index (χ4n) is 3.01. The predicted molar refractivity (Wildman–Crippen MR) is 109 cm³/mol. The zero-order chi connectivity index (χ0) is 18.5. The number of ketones is 1. The highest BCUT2D eigenvalue weighted by molar-refractivity contribution is 5.96. The number of rotatable bonds is 6. The third-order valence-corrected chi connectivity index (χ3v) is 4.81. The summed E-state index contributed by atoms with van der Waals surface area (Å²) < 4.78 is 0. The van der Waals surface area contributed by atoms with Gasteiger partial charge in [-0.1, -0.05) is 66.2 Å². The van der Waals surface area contributed by atoms with Crippen molar-refractivity contribution in [3.63, 3.8) is 0 Å². The lowest BCUT2D eigenvalue weighted by molar-refractivity contribution is 0.0976. The molecule has 0 aliphatic carbocycles. The highest BCUT2D eigenvalue weighted by atomic mass is 16.1. The van der Waals surface area contributed by atoms with Crippen LogP contribution in [0.2, 0.25) is 0 Å². The monoisotopic (exact) mass is 343 g/mol. The summed E-state index contributed by atoms with van der Waals surface area (Å²) in [6, 6.07) is 24.2. The number of carbonyl (C=O) groups excluding carboxylic acids is 1. The van der Waals surface area contributed by atoms with Crippen molar-refractivity contribution in [2.75, 3.05) is 5.32 Å². The van der Waals surface area contributed by atoms with E-state index in [1.165, 1.54) is 11.1 Å². The molecule has 3 aromatic rings. The van der Waals surface area contributed by atoms with Gasteiger partial charge in [0, 0.05) is 17.7 Å². The molecule has 0 heterocycles. The van der Waals surface area contributed by atoms with Crippen LogP contribution in [0.4, 0.5) is 5.69 Å². The first kappa shape index (κ1) is 17.9. The highest BCUT2D eigenvalue weighted by Crippen LogP contribution is 2.26. The van der Waals surface area contributed by atoms with E-state index in [1.807, 2.05) is 49.4 Å². The summed E-state index contributed by atoms with van der Waals surface area (Å²) in [5.41, 5.74) is 6.59. The van der Waals surface area contributed by atoms with E-state index in [0.717, 1.165) is 22.4 Å². The molecule has 0 saturated carbocycles. The molecule has 0 amide bonds. The topological polar surface area (TPSA) is 29.1 Å². The van der Waals surface area contributed by atoms with Crippen molar-refractivity contribution in [2.24, 2.45) is 0 Å². The largest absolute Gasteiger partial charge is 0.378 e. The van der Waals surface area contributed by atoms with E-state index in [-0.39, 0.29) is 11.8 Å². The van der Waals surface area contributed by atoms with Crippen molar-refractivity contribution in [1.82, 2.24) is 0 Å². The smallest absolute Gasteiger partial charge is 0.165 e. The Hall–Kier alpha value is -2.87. The second-order valence-corrected chi connectivity index (χ2v) is 6.90. The first-order valence-electron chi connectivity index (χ1n) is 9.01. The molecule has 0 fully saturated rings. The zero-order valence-corrected chi connectivity index (χ0v) is 15.6. The summed E-state index contributed by atoms with van der Waals surface area (Å²) in [6.07, 6.45) is 0.417. The third-order valence-electron chi connectivity index (χ3n) is 4.81. The fourth-order valence-corrected chi connectivity index (χ4v) is 3.01. The first-order chi connectivity index (χ1) is 12.5. The van der Waals surface area contributed by atoms with Gasteiger partial charge in [0.2, 0.25) is 0 Å². The number of aryl methyl sites for hydroxylation is 3. The quantitative estimate of drug-likeness (QED) is 0.553. The average Bonchev–Trinajstić information content (AvgIpc) is 2.65. The van der Waals surface area contributed by atoms with Crippen LogP contribution in [0.1, 0.15) is 45.1 Å². The highest BCUT2D eigenvalue weighted by Gasteiger charge is 2.17. The third kappa shape index (κ3) is 4.40. The van der Waals surface area contributed by atoms with Crippen LogP contribution in [0.3, 0.4) is 0 Å². The maximum atomic E-state index is 12.8. The average molecular weight is 343 g/mol. The van der Waals surface area contributed by atoms with Crippen LogP contribution in [-0.2, 0) is 0 Å². The summed E-state index contributed by atoms with van der Waals surface area (Å²) in [5, 5.41) is 3.55. The van der Waals surface area contributed by atoms with E-state index in [2.05, 4.69) is 49.5 Å². The first-order valence-corrected chi connectivity index (χ1v) is 9.01. The van der Waals surface area contributed by atoms with Gasteiger partial charge in [0.15, 0.2) is 5.78 Å². The van der Waals surface area contributed by atoms with Crippen molar-refractivity contribution >= 4 is 11.5 Å². The van der Waals surface area contributed by atoms with Crippen molar-refractivity contribution < 1.29 is 4.79 Å². The van der Waals surface area contributed by atoms with Gasteiger partial charge in [-0.2, -0.15) is 0 Å². The lowest BCUT2D eigenvalue weighted by Crippen LogP contribution is -2.16. The molecule has 2 nitrogen and oxygen atoms in total. The molecule has 0 aliphatic rings. The minimum absolute atomic E-state index is 0.0629. The number of hydrogen-bond acceptors (Lipinski definition) is 2. The molecule has 2 heteroatoms. The van der Waals surface area contributed by atoms with Crippen molar-refractivity contribution in [2.45, 2.75) is 33.2 Å². The van der Waals surface area contributed by atoms with Crippen molar-refractivity contribution in [3.05, 3.63) is 101 Å². The fraction of sp³-hybridized carbons (Fsp3) is 0.208. The Labute approximate surface area is 155 Å². The Morgan fingerprint density at radius 1 is 0.846 bits per heavy atom. The molecule has 26 heavy (non-hydrogen) atoms. The molecular formula is C24H25NO. The Bertz CT molecular complexity index is 882. The maximum absolute atomic E-state index is 12.8.